The van der Waals surface area contributed by atoms with Crippen molar-refractivity contribution in [3.8, 4) is 11.5 Å². The average Bonchev–Trinajstić information content (AvgIpc) is 3.03. The van der Waals surface area contributed by atoms with E-state index in [1.807, 2.05) is 12.1 Å². The van der Waals surface area contributed by atoms with Crippen LogP contribution in [0.2, 0.25) is 0 Å². The van der Waals surface area contributed by atoms with Crippen LogP contribution in [0.25, 0.3) is 10.9 Å². The molecular weight excluding hydrogens is 584 g/mol. The van der Waals surface area contributed by atoms with Gasteiger partial charge in [-0.25, -0.2) is 14.8 Å². The van der Waals surface area contributed by atoms with Crippen LogP contribution in [-0.2, 0) is 28.9 Å². The van der Waals surface area contributed by atoms with E-state index in [0.717, 1.165) is 60.6 Å². The second kappa shape index (κ2) is 14.5. The SMILES string of the molecule is COc1cc2c(cc1OC)CN(CCc1ccc(Nc3ncnc4ccc(NC(=O)CCNC(=O)OC(C)(C)C)cc34)cc1)CC2. The summed E-state index contributed by atoms with van der Waals surface area (Å²) in [5.41, 5.74) is 5.53. The molecular formula is C35H42N6O5. The van der Waals surface area contributed by atoms with Crippen LogP contribution in [0.4, 0.5) is 22.0 Å². The largest absolute Gasteiger partial charge is 0.493 e. The number of carbonyl (C=O) groups excluding carboxylic acids is 2. The second-order valence-electron chi connectivity index (χ2n) is 12.3. The molecule has 0 fully saturated rings. The summed E-state index contributed by atoms with van der Waals surface area (Å²) in [6.07, 6.45) is 3.00. The van der Waals surface area contributed by atoms with Crippen LogP contribution in [-0.4, -0.2) is 66.3 Å². The molecule has 5 rings (SSSR count). The Morgan fingerprint density at radius 2 is 1.63 bits per heavy atom. The molecule has 0 unspecified atom stereocenters. The number of aromatic nitrogens is 2. The maximum Gasteiger partial charge on any atom is 0.407 e. The predicted octanol–water partition coefficient (Wildman–Crippen LogP) is 5.84. The summed E-state index contributed by atoms with van der Waals surface area (Å²) in [5.74, 6) is 1.96. The van der Waals surface area contributed by atoms with Gasteiger partial charge in [-0.05, 0) is 92.8 Å². The van der Waals surface area contributed by atoms with Crippen LogP contribution in [0.3, 0.4) is 0 Å². The third kappa shape index (κ3) is 8.63. The monoisotopic (exact) mass is 626 g/mol. The molecule has 0 atom stereocenters. The molecule has 3 N–H and O–H groups in total. The molecule has 3 aromatic carbocycles. The summed E-state index contributed by atoms with van der Waals surface area (Å²) in [4.78, 5) is 35.7. The number of nitrogens with zero attached hydrogens (tertiary/aromatic N) is 3. The molecule has 2 heterocycles. The molecule has 4 aromatic rings. The molecule has 242 valence electrons. The molecule has 1 aromatic heterocycles. The fourth-order valence-corrected chi connectivity index (χ4v) is 5.36. The second-order valence-corrected chi connectivity index (χ2v) is 12.3. The number of carbonyl (C=O) groups is 2. The van der Waals surface area contributed by atoms with Crippen molar-refractivity contribution in [2.24, 2.45) is 0 Å². The standard InChI is InChI=1S/C35H42N6O5/c1-35(2,3)46-34(43)36-15-12-32(42)39-27-10-11-29-28(20-27)33(38-22-37-29)40-26-8-6-23(7-9-26)13-16-41-17-14-24-18-30(44-4)31(45-5)19-25(24)21-41/h6-11,18-20,22H,12-17,21H2,1-5H3,(H,36,43)(H,39,42)(H,37,38,40). The fraction of sp³-hybridized carbons (Fsp3) is 0.371. The summed E-state index contributed by atoms with van der Waals surface area (Å²) in [7, 11) is 3.35. The number of nitrogens with one attached hydrogen (secondary N) is 3. The Morgan fingerprint density at radius 1 is 0.913 bits per heavy atom. The molecule has 0 spiro atoms. The van der Waals surface area contributed by atoms with Crippen molar-refractivity contribution in [3.63, 3.8) is 0 Å². The van der Waals surface area contributed by atoms with Crippen molar-refractivity contribution >= 4 is 40.1 Å². The van der Waals surface area contributed by atoms with E-state index >= 15 is 0 Å². The Bertz CT molecular complexity index is 1690. The number of benzene rings is 3. The van der Waals surface area contributed by atoms with Crippen LogP contribution < -0.4 is 25.4 Å². The van der Waals surface area contributed by atoms with Crippen molar-refractivity contribution < 1.29 is 23.8 Å². The van der Waals surface area contributed by atoms with Crippen LogP contribution in [0.1, 0.15) is 43.9 Å². The van der Waals surface area contributed by atoms with Crippen LogP contribution >= 0.6 is 0 Å². The van der Waals surface area contributed by atoms with Gasteiger partial charge in [0.05, 0.1) is 19.7 Å². The Labute approximate surface area is 269 Å². The van der Waals surface area contributed by atoms with Gasteiger partial charge in [0.15, 0.2) is 11.5 Å². The van der Waals surface area contributed by atoms with Gasteiger partial charge in [-0.1, -0.05) is 12.1 Å². The minimum Gasteiger partial charge on any atom is -0.493 e. The molecule has 2 amide bonds. The maximum absolute atomic E-state index is 12.5. The van der Waals surface area contributed by atoms with Crippen molar-refractivity contribution in [2.45, 2.75) is 52.2 Å². The Kier molecular flexibility index (Phi) is 10.2. The molecule has 0 saturated carbocycles. The van der Waals surface area contributed by atoms with Crippen molar-refractivity contribution in [1.82, 2.24) is 20.2 Å². The number of rotatable bonds is 11. The number of methoxy groups -OCH3 is 2. The maximum atomic E-state index is 12.5. The highest BCUT2D eigenvalue weighted by atomic mass is 16.6. The Hall–Kier alpha value is -4.90. The summed E-state index contributed by atoms with van der Waals surface area (Å²) in [5, 5.41) is 9.65. The van der Waals surface area contributed by atoms with E-state index in [1.165, 1.54) is 23.0 Å². The molecule has 0 aliphatic carbocycles. The van der Waals surface area contributed by atoms with Crippen LogP contribution in [0, 0.1) is 0 Å². The van der Waals surface area contributed by atoms with E-state index in [1.54, 1.807) is 41.1 Å². The van der Waals surface area contributed by atoms with Gasteiger partial charge in [0.1, 0.15) is 17.7 Å². The summed E-state index contributed by atoms with van der Waals surface area (Å²) in [6, 6.07) is 18.0. The van der Waals surface area contributed by atoms with Crippen LogP contribution in [0.15, 0.2) is 60.9 Å². The highest BCUT2D eigenvalue weighted by Crippen LogP contribution is 2.33. The molecule has 0 saturated heterocycles. The lowest BCUT2D eigenvalue weighted by molar-refractivity contribution is -0.116. The van der Waals surface area contributed by atoms with Crippen molar-refractivity contribution in [2.75, 3.05) is 44.5 Å². The zero-order valence-corrected chi connectivity index (χ0v) is 27.1. The molecule has 1 aliphatic heterocycles. The first kappa shape index (κ1) is 32.5. The topological polar surface area (TPSA) is 127 Å². The van der Waals surface area contributed by atoms with Gasteiger partial charge in [0.2, 0.25) is 5.91 Å². The Morgan fingerprint density at radius 3 is 2.35 bits per heavy atom. The molecule has 46 heavy (non-hydrogen) atoms. The van der Waals surface area contributed by atoms with Gasteiger partial charge < -0.3 is 30.2 Å². The average molecular weight is 627 g/mol. The summed E-state index contributed by atoms with van der Waals surface area (Å²) >= 11 is 0. The zero-order valence-electron chi connectivity index (χ0n) is 27.1. The lowest BCUT2D eigenvalue weighted by Crippen LogP contribution is -2.34. The molecule has 1 aliphatic rings. The van der Waals surface area contributed by atoms with Gasteiger partial charge in [-0.2, -0.15) is 0 Å². The van der Waals surface area contributed by atoms with E-state index in [9.17, 15) is 9.59 Å². The number of ether oxygens (including phenoxy) is 3. The van der Waals surface area contributed by atoms with Gasteiger partial charge in [-0.3, -0.25) is 9.69 Å². The van der Waals surface area contributed by atoms with Gasteiger partial charge in [0.25, 0.3) is 0 Å². The number of amides is 2. The number of hydrogen-bond donors (Lipinski definition) is 3. The van der Waals surface area contributed by atoms with Crippen molar-refractivity contribution in [3.05, 3.63) is 77.6 Å². The minimum absolute atomic E-state index is 0.106. The zero-order chi connectivity index (χ0) is 32.7. The van der Waals surface area contributed by atoms with Gasteiger partial charge in [-0.15, -0.1) is 0 Å². The first-order valence-corrected chi connectivity index (χ1v) is 15.4. The summed E-state index contributed by atoms with van der Waals surface area (Å²) < 4.78 is 16.2. The Balaban J connectivity index is 1.15. The summed E-state index contributed by atoms with van der Waals surface area (Å²) in [6.45, 7) is 8.38. The predicted molar refractivity (Wildman–Crippen MR) is 179 cm³/mol. The quantitative estimate of drug-likeness (QED) is 0.188. The van der Waals surface area contributed by atoms with Gasteiger partial charge in [0, 0.05) is 49.4 Å². The number of hydrogen-bond acceptors (Lipinski definition) is 9. The molecule has 0 radical (unpaired) electrons. The van der Waals surface area contributed by atoms with E-state index in [2.05, 4.69) is 67.2 Å². The number of fused-ring (bicyclic) bond motifs is 2. The van der Waals surface area contributed by atoms with E-state index in [-0.39, 0.29) is 18.9 Å². The molecule has 0 bridgehead atoms. The van der Waals surface area contributed by atoms with Crippen LogP contribution in [0.5, 0.6) is 11.5 Å². The molecule has 11 nitrogen and oxygen atoms in total. The van der Waals surface area contributed by atoms with Gasteiger partial charge >= 0.3 is 6.09 Å². The highest BCUT2D eigenvalue weighted by molar-refractivity contribution is 5.97. The lowest BCUT2D eigenvalue weighted by atomic mass is 9.98. The molecule has 11 heteroatoms. The first-order valence-electron chi connectivity index (χ1n) is 15.4. The normalized spacial score (nSPS) is 13.1. The fourth-order valence-electron chi connectivity index (χ4n) is 5.36. The van der Waals surface area contributed by atoms with E-state index in [4.69, 9.17) is 14.2 Å². The minimum atomic E-state index is -0.597. The third-order valence-corrected chi connectivity index (χ3v) is 7.67. The van der Waals surface area contributed by atoms with E-state index < -0.39 is 11.7 Å². The smallest absolute Gasteiger partial charge is 0.407 e. The lowest BCUT2D eigenvalue weighted by Gasteiger charge is -2.29. The highest BCUT2D eigenvalue weighted by Gasteiger charge is 2.20. The third-order valence-electron chi connectivity index (χ3n) is 7.67. The number of anilines is 3. The van der Waals surface area contributed by atoms with Crippen molar-refractivity contribution in [1.29, 1.82) is 0 Å². The first-order chi connectivity index (χ1) is 22.1. The number of alkyl carbamates (subject to hydrolysis) is 1. The van der Waals surface area contributed by atoms with E-state index in [0.29, 0.717) is 11.5 Å².